The average molecular weight is 305 g/mol. The van der Waals surface area contributed by atoms with Crippen LogP contribution in [0.4, 0.5) is 0 Å². The molecule has 0 aliphatic carbocycles. The maximum atomic E-state index is 10.5. The molecule has 0 heterocycles. The normalized spacial score (nSPS) is 12.4. The number of aliphatic hydroxyl groups excluding tert-OH is 1. The molecular formula is C13H18Cl2N2O2. The maximum absolute atomic E-state index is 10.5. The summed E-state index contributed by atoms with van der Waals surface area (Å²) in [5.74, 6) is -0.286. The summed E-state index contributed by atoms with van der Waals surface area (Å²) >= 11 is 11.8. The van der Waals surface area contributed by atoms with Crippen LogP contribution in [0.3, 0.4) is 0 Å². The van der Waals surface area contributed by atoms with Gasteiger partial charge in [-0.05, 0) is 37.6 Å². The van der Waals surface area contributed by atoms with Crippen LogP contribution in [-0.2, 0) is 4.79 Å². The number of carbonyl (C=O) groups excluding carboxylic acids is 1. The van der Waals surface area contributed by atoms with Gasteiger partial charge in [0.25, 0.3) is 0 Å². The minimum Gasteiger partial charge on any atom is -0.387 e. The third kappa shape index (κ3) is 6.25. The molecule has 6 heteroatoms. The van der Waals surface area contributed by atoms with Crippen molar-refractivity contribution in [2.24, 2.45) is 5.73 Å². The number of primary amides is 1. The lowest BCUT2D eigenvalue weighted by Gasteiger charge is -2.14. The third-order valence-corrected chi connectivity index (χ3v) is 3.26. The van der Waals surface area contributed by atoms with Crippen LogP contribution in [0.1, 0.15) is 30.9 Å². The Labute approximate surface area is 122 Å². The van der Waals surface area contributed by atoms with E-state index in [0.29, 0.717) is 35.1 Å². The van der Waals surface area contributed by atoms with Crippen LogP contribution >= 0.6 is 23.2 Å². The number of unbranched alkanes of at least 4 members (excludes halogenated alkanes) is 1. The summed E-state index contributed by atoms with van der Waals surface area (Å²) < 4.78 is 0. The largest absolute Gasteiger partial charge is 0.387 e. The average Bonchev–Trinajstić information content (AvgIpc) is 2.36. The highest BCUT2D eigenvalue weighted by Crippen LogP contribution is 2.25. The highest BCUT2D eigenvalue weighted by Gasteiger charge is 2.11. The lowest BCUT2D eigenvalue weighted by atomic mass is 10.1. The van der Waals surface area contributed by atoms with Gasteiger partial charge in [0.05, 0.1) is 6.10 Å². The summed E-state index contributed by atoms with van der Waals surface area (Å²) in [6.45, 7) is 1.10. The molecule has 0 radical (unpaired) electrons. The van der Waals surface area contributed by atoms with E-state index in [2.05, 4.69) is 5.32 Å². The number of hydrogen-bond acceptors (Lipinski definition) is 3. The van der Waals surface area contributed by atoms with E-state index in [1.165, 1.54) is 0 Å². The predicted molar refractivity (Wildman–Crippen MR) is 77.3 cm³/mol. The fraction of sp³-hybridized carbons (Fsp3) is 0.462. The van der Waals surface area contributed by atoms with Gasteiger partial charge >= 0.3 is 0 Å². The summed E-state index contributed by atoms with van der Waals surface area (Å²) in [5, 5.41) is 14.1. The summed E-state index contributed by atoms with van der Waals surface area (Å²) in [6.07, 6.45) is 1.27. The van der Waals surface area contributed by atoms with E-state index in [1.807, 2.05) is 0 Å². The molecule has 0 aliphatic heterocycles. The number of halogens is 2. The Balaban J connectivity index is 2.29. The second-order valence-corrected chi connectivity index (χ2v) is 5.15. The van der Waals surface area contributed by atoms with Gasteiger partial charge in [-0.3, -0.25) is 4.79 Å². The Morgan fingerprint density at radius 2 is 2.11 bits per heavy atom. The van der Waals surface area contributed by atoms with Crippen molar-refractivity contribution < 1.29 is 9.90 Å². The minimum atomic E-state index is -0.706. The van der Waals surface area contributed by atoms with Gasteiger partial charge in [-0.1, -0.05) is 23.2 Å². The minimum absolute atomic E-state index is 0.286. The van der Waals surface area contributed by atoms with Gasteiger partial charge in [0.2, 0.25) is 5.91 Å². The predicted octanol–water partition coefficient (Wildman–Crippen LogP) is 2.27. The highest BCUT2D eigenvalue weighted by molar-refractivity contribution is 6.33. The molecule has 0 aliphatic rings. The van der Waals surface area contributed by atoms with E-state index in [0.717, 1.165) is 12.8 Å². The van der Waals surface area contributed by atoms with Crippen LogP contribution in [0.5, 0.6) is 0 Å². The van der Waals surface area contributed by atoms with Gasteiger partial charge < -0.3 is 16.2 Å². The molecule has 0 spiro atoms. The van der Waals surface area contributed by atoms with Gasteiger partial charge in [-0.25, -0.2) is 0 Å². The van der Waals surface area contributed by atoms with Crippen LogP contribution in [0.2, 0.25) is 10.0 Å². The number of aliphatic hydroxyl groups is 1. The molecule has 106 valence electrons. The van der Waals surface area contributed by atoms with E-state index >= 15 is 0 Å². The number of nitrogens with two attached hydrogens (primary N) is 1. The topological polar surface area (TPSA) is 75.4 Å². The first-order chi connectivity index (χ1) is 9.00. The van der Waals surface area contributed by atoms with Crippen molar-refractivity contribution in [2.45, 2.75) is 25.4 Å². The van der Waals surface area contributed by atoms with E-state index in [9.17, 15) is 9.90 Å². The number of hydrogen-bond donors (Lipinski definition) is 3. The summed E-state index contributed by atoms with van der Waals surface area (Å²) in [6, 6.07) is 5.00. The molecule has 1 aromatic rings. The summed E-state index contributed by atoms with van der Waals surface area (Å²) in [7, 11) is 0. The maximum Gasteiger partial charge on any atom is 0.217 e. The number of rotatable bonds is 8. The lowest BCUT2D eigenvalue weighted by molar-refractivity contribution is -0.118. The van der Waals surface area contributed by atoms with Crippen molar-refractivity contribution in [1.82, 2.24) is 5.32 Å². The Kier molecular flexibility index (Phi) is 7.16. The summed E-state index contributed by atoms with van der Waals surface area (Å²) in [5.41, 5.74) is 5.65. The molecule has 0 saturated heterocycles. The Morgan fingerprint density at radius 1 is 1.37 bits per heavy atom. The van der Waals surface area contributed by atoms with E-state index in [1.54, 1.807) is 18.2 Å². The lowest BCUT2D eigenvalue weighted by Crippen LogP contribution is -2.23. The molecule has 4 nitrogen and oxygen atoms in total. The molecule has 0 aromatic heterocycles. The second-order valence-electron chi connectivity index (χ2n) is 4.31. The van der Waals surface area contributed by atoms with Crippen LogP contribution in [0.15, 0.2) is 18.2 Å². The van der Waals surface area contributed by atoms with Crippen LogP contribution < -0.4 is 11.1 Å². The molecule has 1 unspecified atom stereocenters. The smallest absolute Gasteiger partial charge is 0.217 e. The van der Waals surface area contributed by atoms with Crippen LogP contribution in [0, 0.1) is 0 Å². The van der Waals surface area contributed by atoms with Crippen molar-refractivity contribution in [3.05, 3.63) is 33.8 Å². The van der Waals surface area contributed by atoms with E-state index in [4.69, 9.17) is 28.9 Å². The first-order valence-corrected chi connectivity index (χ1v) is 6.88. The van der Waals surface area contributed by atoms with Crippen molar-refractivity contribution in [2.75, 3.05) is 13.1 Å². The fourth-order valence-electron chi connectivity index (χ4n) is 1.67. The molecule has 1 rings (SSSR count). The van der Waals surface area contributed by atoms with E-state index < -0.39 is 6.10 Å². The molecule has 0 saturated carbocycles. The second kappa shape index (κ2) is 8.38. The van der Waals surface area contributed by atoms with Gasteiger partial charge in [-0.15, -0.1) is 0 Å². The Bertz CT molecular complexity index is 427. The molecule has 1 aromatic carbocycles. The van der Waals surface area contributed by atoms with E-state index in [-0.39, 0.29) is 5.91 Å². The highest BCUT2D eigenvalue weighted by atomic mass is 35.5. The monoisotopic (exact) mass is 304 g/mol. The Hall–Kier alpha value is -0.810. The third-order valence-electron chi connectivity index (χ3n) is 2.68. The van der Waals surface area contributed by atoms with Gasteiger partial charge in [0.1, 0.15) is 0 Å². The van der Waals surface area contributed by atoms with Crippen molar-refractivity contribution >= 4 is 29.1 Å². The number of carbonyl (C=O) groups is 1. The van der Waals surface area contributed by atoms with Crippen molar-refractivity contribution in [3.8, 4) is 0 Å². The molecule has 19 heavy (non-hydrogen) atoms. The number of amides is 1. The molecule has 4 N–H and O–H groups in total. The van der Waals surface area contributed by atoms with Gasteiger partial charge in [-0.2, -0.15) is 0 Å². The quantitative estimate of drug-likeness (QED) is 0.645. The van der Waals surface area contributed by atoms with Crippen molar-refractivity contribution in [3.63, 3.8) is 0 Å². The molecule has 1 amide bonds. The Morgan fingerprint density at radius 3 is 2.79 bits per heavy atom. The SMILES string of the molecule is NC(=O)CCCCNCC(O)c1cc(Cl)ccc1Cl. The summed E-state index contributed by atoms with van der Waals surface area (Å²) in [4.78, 5) is 10.5. The zero-order chi connectivity index (χ0) is 14.3. The zero-order valence-corrected chi connectivity index (χ0v) is 12.0. The number of benzene rings is 1. The first-order valence-electron chi connectivity index (χ1n) is 6.12. The molecule has 0 fully saturated rings. The standard InChI is InChI=1S/C13H18Cl2N2O2/c14-9-4-5-11(15)10(7-9)12(18)8-17-6-2-1-3-13(16)19/h4-5,7,12,17-18H,1-3,6,8H2,(H2,16,19). The molecular weight excluding hydrogens is 287 g/mol. The van der Waals surface area contributed by atoms with Gasteiger partial charge in [0, 0.05) is 28.6 Å². The molecule has 1 atom stereocenters. The first kappa shape index (κ1) is 16.2. The van der Waals surface area contributed by atoms with Crippen LogP contribution in [0.25, 0.3) is 0 Å². The zero-order valence-electron chi connectivity index (χ0n) is 10.5. The van der Waals surface area contributed by atoms with Gasteiger partial charge in [0.15, 0.2) is 0 Å². The fourth-order valence-corrected chi connectivity index (χ4v) is 2.09. The molecule has 0 bridgehead atoms. The van der Waals surface area contributed by atoms with Crippen LogP contribution in [-0.4, -0.2) is 24.1 Å². The number of nitrogens with one attached hydrogen (secondary N) is 1. The van der Waals surface area contributed by atoms with Crippen molar-refractivity contribution in [1.29, 1.82) is 0 Å².